The number of nitrogens with two attached hydrogens (primary N) is 1. The number of piperidine rings is 1. The molecule has 1 amide bonds. The Morgan fingerprint density at radius 2 is 2.15 bits per heavy atom. The monoisotopic (exact) mass is 383 g/mol. The fourth-order valence-electron chi connectivity index (χ4n) is 3.79. The summed E-state index contributed by atoms with van der Waals surface area (Å²) in [7, 11) is 0. The zero-order valence-corrected chi connectivity index (χ0v) is 16.4. The van der Waals surface area contributed by atoms with E-state index < -0.39 is 0 Å². The molecule has 1 atom stereocenters. The molecule has 8 heteroatoms. The van der Waals surface area contributed by atoms with Gasteiger partial charge < -0.3 is 21.1 Å². The number of nitrogens with one attached hydrogen (secondary N) is 2. The number of nitrogens with zero attached hydrogens (tertiary/aromatic N) is 2. The van der Waals surface area contributed by atoms with E-state index in [1.165, 1.54) is 0 Å². The average molecular weight is 384 g/mol. The van der Waals surface area contributed by atoms with E-state index in [2.05, 4.69) is 34.4 Å². The molecule has 4 N–H and O–H groups in total. The first-order chi connectivity index (χ1) is 12.0. The van der Waals surface area contributed by atoms with Gasteiger partial charge in [-0.05, 0) is 56.2 Å². The Labute approximate surface area is 161 Å². The van der Waals surface area contributed by atoms with Crippen molar-refractivity contribution in [1.29, 1.82) is 0 Å². The topological polar surface area (TPSA) is 102 Å². The standard InChI is InChI=1S/C18H29N5O2.ClH/c1-12(2)7-13-8-15(23-17(19)22-13)16(24)21-10-14-9-18(11-25-14)3-5-20-6-4-18;/h8,12,14,20H,3-7,9-11H2,1-2H3,(H,21,24)(H2,19,22,23);1H. The van der Waals surface area contributed by atoms with Crippen molar-refractivity contribution in [2.75, 3.05) is 32.0 Å². The van der Waals surface area contributed by atoms with Crippen LogP contribution in [0.5, 0.6) is 0 Å². The predicted octanol–water partition coefficient (Wildman–Crippen LogP) is 1.57. The molecule has 1 spiro atoms. The minimum Gasteiger partial charge on any atom is -0.376 e. The molecule has 2 aliphatic heterocycles. The molecule has 0 aliphatic carbocycles. The quantitative estimate of drug-likeness (QED) is 0.713. The van der Waals surface area contributed by atoms with Gasteiger partial charge in [0.1, 0.15) is 5.69 Å². The highest BCUT2D eigenvalue weighted by Crippen LogP contribution is 2.40. The highest BCUT2D eigenvalue weighted by molar-refractivity contribution is 5.92. The lowest BCUT2D eigenvalue weighted by Crippen LogP contribution is -2.38. The summed E-state index contributed by atoms with van der Waals surface area (Å²) < 4.78 is 5.93. The van der Waals surface area contributed by atoms with Gasteiger partial charge in [-0.15, -0.1) is 12.4 Å². The molecule has 2 fully saturated rings. The maximum absolute atomic E-state index is 12.4. The van der Waals surface area contributed by atoms with Crippen LogP contribution in [0.1, 0.15) is 49.3 Å². The highest BCUT2D eigenvalue weighted by Gasteiger charge is 2.40. The Morgan fingerprint density at radius 1 is 1.42 bits per heavy atom. The van der Waals surface area contributed by atoms with E-state index in [0.29, 0.717) is 23.6 Å². The van der Waals surface area contributed by atoms with Crippen LogP contribution >= 0.6 is 12.4 Å². The lowest BCUT2D eigenvalue weighted by molar-refractivity contribution is 0.0779. The molecule has 1 aromatic rings. The number of anilines is 1. The van der Waals surface area contributed by atoms with E-state index in [-0.39, 0.29) is 30.4 Å². The van der Waals surface area contributed by atoms with Crippen molar-refractivity contribution in [2.24, 2.45) is 11.3 Å². The maximum atomic E-state index is 12.4. The Kier molecular flexibility index (Phi) is 7.20. The van der Waals surface area contributed by atoms with Crippen molar-refractivity contribution < 1.29 is 9.53 Å². The molecule has 3 heterocycles. The third kappa shape index (κ3) is 5.28. The van der Waals surface area contributed by atoms with Crippen molar-refractivity contribution >= 4 is 24.3 Å². The normalized spacial score (nSPS) is 21.6. The number of hydrogen-bond acceptors (Lipinski definition) is 6. The molecular weight excluding hydrogens is 354 g/mol. The summed E-state index contributed by atoms with van der Waals surface area (Å²) in [5.74, 6) is 0.376. The fourth-order valence-corrected chi connectivity index (χ4v) is 3.79. The van der Waals surface area contributed by atoms with Crippen LogP contribution in [0.25, 0.3) is 0 Å². The van der Waals surface area contributed by atoms with Crippen LogP contribution in [0, 0.1) is 11.3 Å². The molecule has 1 aromatic heterocycles. The summed E-state index contributed by atoms with van der Waals surface area (Å²) >= 11 is 0. The molecule has 0 saturated carbocycles. The second kappa shape index (κ2) is 8.97. The molecule has 0 radical (unpaired) electrons. The van der Waals surface area contributed by atoms with Crippen molar-refractivity contribution in [3.8, 4) is 0 Å². The Hall–Kier alpha value is -1.44. The Balaban J connectivity index is 0.00000243. The van der Waals surface area contributed by atoms with E-state index in [1.54, 1.807) is 6.07 Å². The Bertz CT molecular complexity index is 620. The number of halogens is 1. The largest absolute Gasteiger partial charge is 0.376 e. The summed E-state index contributed by atoms with van der Waals surface area (Å²) in [6, 6.07) is 1.73. The second-order valence-corrected chi connectivity index (χ2v) is 7.80. The molecule has 0 aromatic carbocycles. The van der Waals surface area contributed by atoms with E-state index >= 15 is 0 Å². The van der Waals surface area contributed by atoms with Crippen LogP contribution in [0.4, 0.5) is 5.95 Å². The first-order valence-corrected chi connectivity index (χ1v) is 9.20. The van der Waals surface area contributed by atoms with E-state index in [9.17, 15) is 4.79 Å². The van der Waals surface area contributed by atoms with Gasteiger partial charge in [0.2, 0.25) is 5.95 Å². The number of carbonyl (C=O) groups is 1. The lowest BCUT2D eigenvalue weighted by Gasteiger charge is -2.32. The summed E-state index contributed by atoms with van der Waals surface area (Å²) in [4.78, 5) is 20.7. The molecule has 2 aliphatic rings. The molecule has 2 saturated heterocycles. The molecule has 1 unspecified atom stereocenters. The zero-order chi connectivity index (χ0) is 17.9. The van der Waals surface area contributed by atoms with Crippen LogP contribution in [-0.2, 0) is 11.2 Å². The molecule has 7 nitrogen and oxygen atoms in total. The van der Waals surface area contributed by atoms with Gasteiger partial charge in [-0.1, -0.05) is 13.8 Å². The van der Waals surface area contributed by atoms with Crippen LogP contribution in [0.15, 0.2) is 6.07 Å². The van der Waals surface area contributed by atoms with Crippen molar-refractivity contribution in [3.63, 3.8) is 0 Å². The fraction of sp³-hybridized carbons (Fsp3) is 0.722. The number of ether oxygens (including phenoxy) is 1. The first-order valence-electron chi connectivity index (χ1n) is 9.20. The van der Waals surface area contributed by atoms with Crippen molar-refractivity contribution in [1.82, 2.24) is 20.6 Å². The van der Waals surface area contributed by atoms with Gasteiger partial charge >= 0.3 is 0 Å². The van der Waals surface area contributed by atoms with Gasteiger partial charge in [0.25, 0.3) is 5.91 Å². The third-order valence-electron chi connectivity index (χ3n) is 5.09. The molecule has 0 bridgehead atoms. The number of nitrogen functional groups attached to an aromatic ring is 1. The van der Waals surface area contributed by atoms with Gasteiger partial charge in [0.15, 0.2) is 0 Å². The number of amides is 1. The SMILES string of the molecule is CC(C)Cc1cc(C(=O)NCC2CC3(CCNCC3)CO2)nc(N)n1.Cl. The lowest BCUT2D eigenvalue weighted by atomic mass is 9.77. The van der Waals surface area contributed by atoms with Crippen LogP contribution in [0.2, 0.25) is 0 Å². The van der Waals surface area contributed by atoms with Crippen molar-refractivity contribution in [2.45, 2.75) is 45.6 Å². The third-order valence-corrected chi connectivity index (χ3v) is 5.09. The van der Waals surface area contributed by atoms with Crippen LogP contribution < -0.4 is 16.4 Å². The Morgan fingerprint density at radius 3 is 2.85 bits per heavy atom. The number of aromatic nitrogens is 2. The van der Waals surface area contributed by atoms with Gasteiger partial charge in [0, 0.05) is 12.2 Å². The van der Waals surface area contributed by atoms with Gasteiger partial charge in [-0.25, -0.2) is 9.97 Å². The summed E-state index contributed by atoms with van der Waals surface area (Å²) in [5, 5.41) is 6.34. The number of rotatable bonds is 5. The van der Waals surface area contributed by atoms with Crippen LogP contribution in [0.3, 0.4) is 0 Å². The molecular formula is C18H30ClN5O2. The number of carbonyl (C=O) groups excluding carboxylic acids is 1. The summed E-state index contributed by atoms with van der Waals surface area (Å²) in [6.07, 6.45) is 4.17. The van der Waals surface area contributed by atoms with Gasteiger partial charge in [0.05, 0.1) is 12.7 Å². The minimum atomic E-state index is -0.214. The highest BCUT2D eigenvalue weighted by atomic mass is 35.5. The second-order valence-electron chi connectivity index (χ2n) is 7.80. The maximum Gasteiger partial charge on any atom is 0.270 e. The van der Waals surface area contributed by atoms with Crippen molar-refractivity contribution in [3.05, 3.63) is 17.5 Å². The first kappa shape index (κ1) is 20.9. The van der Waals surface area contributed by atoms with Gasteiger partial charge in [-0.2, -0.15) is 0 Å². The molecule has 26 heavy (non-hydrogen) atoms. The smallest absolute Gasteiger partial charge is 0.270 e. The van der Waals surface area contributed by atoms with Crippen LogP contribution in [-0.4, -0.2) is 48.2 Å². The van der Waals surface area contributed by atoms with E-state index in [0.717, 1.165) is 51.1 Å². The minimum absolute atomic E-state index is 0. The molecule has 146 valence electrons. The predicted molar refractivity (Wildman–Crippen MR) is 103 cm³/mol. The zero-order valence-electron chi connectivity index (χ0n) is 15.6. The summed E-state index contributed by atoms with van der Waals surface area (Å²) in [5.41, 5.74) is 7.18. The average Bonchev–Trinajstić information content (AvgIpc) is 2.94. The number of hydrogen-bond donors (Lipinski definition) is 3. The summed E-state index contributed by atoms with van der Waals surface area (Å²) in [6.45, 7) is 7.63. The molecule has 3 rings (SSSR count). The van der Waals surface area contributed by atoms with E-state index in [4.69, 9.17) is 10.5 Å². The van der Waals surface area contributed by atoms with E-state index in [1.807, 2.05) is 0 Å². The van der Waals surface area contributed by atoms with Gasteiger partial charge in [-0.3, -0.25) is 4.79 Å².